The Morgan fingerprint density at radius 2 is 1.95 bits per heavy atom. The van der Waals surface area contributed by atoms with Gasteiger partial charge in [-0.05, 0) is 45.8 Å². The highest BCUT2D eigenvalue weighted by atomic mass is 79.9. The van der Waals surface area contributed by atoms with Gasteiger partial charge in [0.25, 0.3) is 0 Å². The van der Waals surface area contributed by atoms with Crippen LogP contribution in [-0.4, -0.2) is 17.9 Å². The summed E-state index contributed by atoms with van der Waals surface area (Å²) < 4.78 is 6.04. The lowest BCUT2D eigenvalue weighted by Gasteiger charge is -2.15. The summed E-state index contributed by atoms with van der Waals surface area (Å²) in [4.78, 5) is 13.7. The van der Waals surface area contributed by atoms with Crippen LogP contribution in [0.3, 0.4) is 0 Å². The third kappa shape index (κ3) is 4.11. The molecule has 19 heavy (non-hydrogen) atoms. The first kappa shape index (κ1) is 14.2. The summed E-state index contributed by atoms with van der Waals surface area (Å²) in [5, 5.41) is 0.671. The maximum absolute atomic E-state index is 12.0. The number of amides is 1. The SMILES string of the molecule is CN(Cc1ccc(Br)o1)C(=O)Cc1ccc(Cl)cc1. The summed E-state index contributed by atoms with van der Waals surface area (Å²) in [6, 6.07) is 10.9. The van der Waals surface area contributed by atoms with Crippen molar-refractivity contribution in [2.75, 3.05) is 7.05 Å². The lowest BCUT2D eigenvalue weighted by Crippen LogP contribution is -2.27. The van der Waals surface area contributed by atoms with E-state index in [1.165, 1.54) is 0 Å². The smallest absolute Gasteiger partial charge is 0.227 e. The van der Waals surface area contributed by atoms with Gasteiger partial charge in [-0.1, -0.05) is 23.7 Å². The molecule has 5 heteroatoms. The van der Waals surface area contributed by atoms with Crippen molar-refractivity contribution < 1.29 is 9.21 Å². The molecule has 0 saturated carbocycles. The predicted molar refractivity (Wildman–Crippen MR) is 78.0 cm³/mol. The molecule has 1 amide bonds. The lowest BCUT2D eigenvalue weighted by atomic mass is 10.1. The zero-order valence-corrected chi connectivity index (χ0v) is 12.7. The average Bonchev–Trinajstić information content (AvgIpc) is 2.77. The van der Waals surface area contributed by atoms with Crippen molar-refractivity contribution in [1.29, 1.82) is 0 Å². The highest BCUT2D eigenvalue weighted by Crippen LogP contribution is 2.16. The Labute approximate surface area is 125 Å². The Bertz CT molecular complexity index is 565. The van der Waals surface area contributed by atoms with Gasteiger partial charge in [0.1, 0.15) is 5.76 Å². The third-order valence-corrected chi connectivity index (χ3v) is 3.39. The molecular weight excluding hydrogens is 330 g/mol. The Morgan fingerprint density at radius 3 is 2.53 bits per heavy atom. The standard InChI is InChI=1S/C14H13BrClNO2/c1-17(9-12-6-7-13(15)19-12)14(18)8-10-2-4-11(16)5-3-10/h2-7H,8-9H2,1H3. The van der Waals surface area contributed by atoms with Gasteiger partial charge >= 0.3 is 0 Å². The molecule has 0 bridgehead atoms. The number of carbonyl (C=O) groups excluding carboxylic acids is 1. The first-order valence-corrected chi connectivity index (χ1v) is 6.94. The van der Waals surface area contributed by atoms with E-state index >= 15 is 0 Å². The topological polar surface area (TPSA) is 33.5 Å². The number of furan rings is 1. The minimum Gasteiger partial charge on any atom is -0.452 e. The highest BCUT2D eigenvalue weighted by Gasteiger charge is 2.12. The number of halogens is 2. The van der Waals surface area contributed by atoms with E-state index in [0.29, 0.717) is 22.7 Å². The number of rotatable bonds is 4. The van der Waals surface area contributed by atoms with Crippen LogP contribution in [0.25, 0.3) is 0 Å². The molecule has 0 spiro atoms. The Balaban J connectivity index is 1.94. The molecule has 0 unspecified atom stereocenters. The number of hydrogen-bond acceptors (Lipinski definition) is 2. The Kier molecular flexibility index (Phi) is 4.66. The molecule has 2 aromatic rings. The Morgan fingerprint density at radius 1 is 1.26 bits per heavy atom. The molecule has 0 aliphatic carbocycles. The van der Waals surface area contributed by atoms with Gasteiger partial charge in [0.15, 0.2) is 4.67 Å². The molecule has 1 heterocycles. The summed E-state index contributed by atoms with van der Waals surface area (Å²) in [7, 11) is 1.76. The highest BCUT2D eigenvalue weighted by molar-refractivity contribution is 9.10. The van der Waals surface area contributed by atoms with Crippen molar-refractivity contribution in [3.63, 3.8) is 0 Å². The second kappa shape index (κ2) is 6.26. The van der Waals surface area contributed by atoms with E-state index in [1.54, 1.807) is 24.1 Å². The summed E-state index contributed by atoms with van der Waals surface area (Å²) in [5.41, 5.74) is 0.946. The van der Waals surface area contributed by atoms with Crippen LogP contribution in [0.5, 0.6) is 0 Å². The van der Waals surface area contributed by atoms with Crippen LogP contribution < -0.4 is 0 Å². The summed E-state index contributed by atoms with van der Waals surface area (Å²) in [6.45, 7) is 0.456. The fourth-order valence-electron chi connectivity index (χ4n) is 1.67. The van der Waals surface area contributed by atoms with Gasteiger partial charge in [-0.15, -0.1) is 0 Å². The van der Waals surface area contributed by atoms with Crippen molar-refractivity contribution in [3.8, 4) is 0 Å². The number of hydrogen-bond donors (Lipinski definition) is 0. The van der Waals surface area contributed by atoms with Crippen LogP contribution in [0.4, 0.5) is 0 Å². The number of likely N-dealkylation sites (N-methyl/N-ethyl adjacent to an activating group) is 1. The lowest BCUT2D eigenvalue weighted by molar-refractivity contribution is -0.129. The van der Waals surface area contributed by atoms with Crippen LogP contribution >= 0.6 is 27.5 Å². The molecule has 0 fully saturated rings. The molecule has 1 aromatic carbocycles. The molecule has 2 rings (SSSR count). The molecule has 1 aromatic heterocycles. The number of carbonyl (C=O) groups is 1. The van der Waals surface area contributed by atoms with Gasteiger partial charge in [-0.25, -0.2) is 0 Å². The predicted octanol–water partition coefficient (Wildman–Crippen LogP) is 3.90. The first-order chi connectivity index (χ1) is 9.04. The van der Waals surface area contributed by atoms with E-state index in [-0.39, 0.29) is 5.91 Å². The van der Waals surface area contributed by atoms with Gasteiger partial charge in [-0.2, -0.15) is 0 Å². The number of benzene rings is 1. The molecule has 0 aliphatic heterocycles. The van der Waals surface area contributed by atoms with Crippen LogP contribution in [0.1, 0.15) is 11.3 Å². The van der Waals surface area contributed by atoms with Gasteiger partial charge < -0.3 is 9.32 Å². The third-order valence-electron chi connectivity index (χ3n) is 2.72. The zero-order valence-electron chi connectivity index (χ0n) is 10.4. The average molecular weight is 343 g/mol. The zero-order chi connectivity index (χ0) is 13.8. The van der Waals surface area contributed by atoms with Crippen molar-refractivity contribution in [1.82, 2.24) is 4.90 Å². The maximum Gasteiger partial charge on any atom is 0.227 e. The van der Waals surface area contributed by atoms with Gasteiger partial charge in [0, 0.05) is 12.1 Å². The van der Waals surface area contributed by atoms with Gasteiger partial charge in [-0.3, -0.25) is 4.79 Å². The van der Waals surface area contributed by atoms with E-state index in [9.17, 15) is 4.79 Å². The fraction of sp³-hybridized carbons (Fsp3) is 0.214. The normalized spacial score (nSPS) is 10.5. The molecule has 0 radical (unpaired) electrons. The molecule has 0 atom stereocenters. The second-order valence-electron chi connectivity index (χ2n) is 4.26. The molecule has 0 saturated heterocycles. The van der Waals surface area contributed by atoms with E-state index in [1.807, 2.05) is 24.3 Å². The van der Waals surface area contributed by atoms with Crippen molar-refractivity contribution in [3.05, 3.63) is 57.4 Å². The number of nitrogens with zero attached hydrogens (tertiary/aromatic N) is 1. The molecular formula is C14H13BrClNO2. The molecule has 0 N–H and O–H groups in total. The molecule has 100 valence electrons. The first-order valence-electron chi connectivity index (χ1n) is 5.77. The molecule has 3 nitrogen and oxygen atoms in total. The van der Waals surface area contributed by atoms with E-state index < -0.39 is 0 Å². The summed E-state index contributed by atoms with van der Waals surface area (Å²) in [6.07, 6.45) is 0.357. The minimum absolute atomic E-state index is 0.0369. The largest absolute Gasteiger partial charge is 0.452 e. The fourth-order valence-corrected chi connectivity index (χ4v) is 2.14. The van der Waals surface area contributed by atoms with Crippen LogP contribution in [0.2, 0.25) is 5.02 Å². The minimum atomic E-state index is 0.0369. The van der Waals surface area contributed by atoms with E-state index in [4.69, 9.17) is 16.0 Å². The van der Waals surface area contributed by atoms with Gasteiger partial charge in [0.2, 0.25) is 5.91 Å². The van der Waals surface area contributed by atoms with Crippen LogP contribution in [0, 0.1) is 0 Å². The maximum atomic E-state index is 12.0. The van der Waals surface area contributed by atoms with Gasteiger partial charge in [0.05, 0.1) is 13.0 Å². The Hall–Kier alpha value is -1.26. The molecule has 0 aliphatic rings. The van der Waals surface area contributed by atoms with Crippen molar-refractivity contribution in [2.45, 2.75) is 13.0 Å². The summed E-state index contributed by atoms with van der Waals surface area (Å²) in [5.74, 6) is 0.786. The van der Waals surface area contributed by atoms with Crippen LogP contribution in [-0.2, 0) is 17.8 Å². The monoisotopic (exact) mass is 341 g/mol. The second-order valence-corrected chi connectivity index (χ2v) is 5.48. The van der Waals surface area contributed by atoms with E-state index in [0.717, 1.165) is 11.3 Å². The quantitative estimate of drug-likeness (QED) is 0.844. The van der Waals surface area contributed by atoms with Crippen molar-refractivity contribution in [2.24, 2.45) is 0 Å². The van der Waals surface area contributed by atoms with Crippen LogP contribution in [0.15, 0.2) is 45.5 Å². The van der Waals surface area contributed by atoms with E-state index in [2.05, 4.69) is 15.9 Å². The summed E-state index contributed by atoms with van der Waals surface area (Å²) >= 11 is 9.05. The van der Waals surface area contributed by atoms with Crippen molar-refractivity contribution >= 4 is 33.4 Å².